The molecule has 25 heavy (non-hydrogen) atoms. The van der Waals surface area contributed by atoms with Crippen molar-refractivity contribution in [3.8, 4) is 5.88 Å². The number of carbonyl (C=O) groups excluding carboxylic acids is 1. The molecule has 2 heterocycles. The van der Waals surface area contributed by atoms with Crippen molar-refractivity contribution >= 4 is 23.9 Å². The van der Waals surface area contributed by atoms with Crippen LogP contribution in [0.5, 0.6) is 5.88 Å². The molecule has 6 nitrogen and oxygen atoms in total. The predicted octanol–water partition coefficient (Wildman–Crippen LogP) is 3.15. The first-order valence-electron chi connectivity index (χ1n) is 7.10. The smallest absolute Gasteiger partial charge is 0.422 e. The number of pyridine rings is 2. The van der Waals surface area contributed by atoms with Crippen molar-refractivity contribution in [2.24, 2.45) is 0 Å². The van der Waals surface area contributed by atoms with Gasteiger partial charge in [0, 0.05) is 17.8 Å². The fourth-order valence-electron chi connectivity index (χ4n) is 1.95. The quantitative estimate of drug-likeness (QED) is 0.701. The lowest BCUT2D eigenvalue weighted by molar-refractivity contribution is -0.154. The normalized spacial score (nSPS) is 12.5. The number of alkyl halides is 3. The first-order valence-corrected chi connectivity index (χ1v) is 7.51. The number of ether oxygens (including phenoxy) is 1. The number of nitrogens with two attached hydrogens (primary N) is 1. The number of halogens is 3. The lowest BCUT2D eigenvalue weighted by Gasteiger charge is -2.15. The molecule has 0 aliphatic heterocycles. The summed E-state index contributed by atoms with van der Waals surface area (Å²) >= 11 is 4.96. The molecular formula is C15H15F3N4O2S. The fourth-order valence-corrected chi connectivity index (χ4v) is 2.19. The first-order chi connectivity index (χ1) is 11.6. The average molecular weight is 372 g/mol. The number of nitrogen functional groups attached to an aromatic ring is 1. The molecule has 10 heteroatoms. The maximum absolute atomic E-state index is 12.2. The molecule has 2 aromatic rings. The van der Waals surface area contributed by atoms with Gasteiger partial charge in [-0.05, 0) is 24.6 Å². The molecule has 0 spiro atoms. The van der Waals surface area contributed by atoms with Crippen LogP contribution in [0.2, 0.25) is 0 Å². The maximum atomic E-state index is 12.2. The van der Waals surface area contributed by atoms with E-state index in [9.17, 15) is 18.0 Å². The third kappa shape index (κ3) is 5.75. The number of rotatable bonds is 5. The summed E-state index contributed by atoms with van der Waals surface area (Å²) in [5.74, 6) is -0.281. The Morgan fingerprint density at radius 3 is 2.72 bits per heavy atom. The van der Waals surface area contributed by atoms with Crippen LogP contribution in [0, 0.1) is 4.64 Å². The molecule has 4 N–H and O–H groups in total. The molecular weight excluding hydrogens is 357 g/mol. The highest BCUT2D eigenvalue weighted by molar-refractivity contribution is 7.71. The van der Waals surface area contributed by atoms with Crippen molar-refractivity contribution in [3.63, 3.8) is 0 Å². The minimum Gasteiger partial charge on any atom is -0.468 e. The summed E-state index contributed by atoms with van der Waals surface area (Å²) in [5, 5.41) is 2.73. The number of aromatic nitrogens is 2. The zero-order valence-electron chi connectivity index (χ0n) is 13.1. The van der Waals surface area contributed by atoms with Crippen LogP contribution < -0.4 is 15.8 Å². The molecule has 0 aliphatic carbocycles. The molecule has 2 aromatic heterocycles. The van der Waals surface area contributed by atoms with Crippen LogP contribution >= 0.6 is 12.2 Å². The van der Waals surface area contributed by atoms with Crippen molar-refractivity contribution in [2.75, 3.05) is 12.3 Å². The molecule has 0 radical (unpaired) electrons. The highest BCUT2D eigenvalue weighted by Gasteiger charge is 2.28. The summed E-state index contributed by atoms with van der Waals surface area (Å²) in [4.78, 5) is 18.7. The lowest BCUT2D eigenvalue weighted by atomic mass is 10.1. The molecule has 2 rings (SSSR count). The van der Waals surface area contributed by atoms with E-state index in [0.29, 0.717) is 15.8 Å². The summed E-state index contributed by atoms with van der Waals surface area (Å²) in [6, 6.07) is 5.32. The Balaban J connectivity index is 2.01. The third-order valence-corrected chi connectivity index (χ3v) is 3.34. The zero-order chi connectivity index (χ0) is 18.6. The van der Waals surface area contributed by atoms with Gasteiger partial charge in [0.2, 0.25) is 5.88 Å². The van der Waals surface area contributed by atoms with Gasteiger partial charge in [0.15, 0.2) is 6.61 Å². The largest absolute Gasteiger partial charge is 0.468 e. The Hall–Kier alpha value is -2.62. The number of hydrogen-bond donors (Lipinski definition) is 3. The van der Waals surface area contributed by atoms with Gasteiger partial charge in [-0.3, -0.25) is 4.79 Å². The molecule has 0 saturated carbocycles. The monoisotopic (exact) mass is 372 g/mol. The Kier molecular flexibility index (Phi) is 5.62. The van der Waals surface area contributed by atoms with Crippen molar-refractivity contribution in [1.29, 1.82) is 0 Å². The first kappa shape index (κ1) is 18.7. The third-order valence-electron chi connectivity index (χ3n) is 3.12. The maximum Gasteiger partial charge on any atom is 0.422 e. The molecule has 1 atom stereocenters. The van der Waals surface area contributed by atoms with Crippen molar-refractivity contribution in [2.45, 2.75) is 19.1 Å². The number of hydrogen-bond acceptors (Lipinski definition) is 5. The second-order valence-electron chi connectivity index (χ2n) is 5.22. The molecule has 0 aliphatic rings. The van der Waals surface area contributed by atoms with E-state index in [2.05, 4.69) is 20.0 Å². The summed E-state index contributed by atoms with van der Waals surface area (Å²) in [7, 11) is 0. The van der Waals surface area contributed by atoms with Crippen LogP contribution in [0.25, 0.3) is 0 Å². The van der Waals surface area contributed by atoms with E-state index in [4.69, 9.17) is 18.0 Å². The van der Waals surface area contributed by atoms with Gasteiger partial charge in [0.1, 0.15) is 10.5 Å². The van der Waals surface area contributed by atoms with Crippen LogP contribution in [0.1, 0.15) is 28.9 Å². The van der Waals surface area contributed by atoms with E-state index in [1.807, 2.05) is 0 Å². The minimum absolute atomic E-state index is 0.151. The van der Waals surface area contributed by atoms with Gasteiger partial charge >= 0.3 is 6.18 Å². The SMILES string of the molecule is CC(NC(=O)c1cc(N)[nH]c(=S)c1)c1ccc(OCC(F)(F)F)nc1. The summed E-state index contributed by atoms with van der Waals surface area (Å²) in [6.45, 7) is 0.291. The number of H-pyrrole nitrogens is 1. The zero-order valence-corrected chi connectivity index (χ0v) is 13.9. The van der Waals surface area contributed by atoms with Gasteiger partial charge in [-0.1, -0.05) is 18.3 Å². The molecule has 1 unspecified atom stereocenters. The number of carbonyl (C=O) groups is 1. The van der Waals surface area contributed by atoms with Gasteiger partial charge in [0.05, 0.1) is 6.04 Å². The Morgan fingerprint density at radius 2 is 2.16 bits per heavy atom. The Morgan fingerprint density at radius 1 is 1.44 bits per heavy atom. The second kappa shape index (κ2) is 7.51. The summed E-state index contributed by atoms with van der Waals surface area (Å²) < 4.78 is 41.1. The van der Waals surface area contributed by atoms with E-state index in [1.54, 1.807) is 6.92 Å². The fraction of sp³-hybridized carbons (Fsp3) is 0.267. The average Bonchev–Trinajstić information content (AvgIpc) is 2.51. The van der Waals surface area contributed by atoms with Gasteiger partial charge < -0.3 is 20.8 Å². The highest BCUT2D eigenvalue weighted by Crippen LogP contribution is 2.19. The molecule has 0 aromatic carbocycles. The minimum atomic E-state index is -4.43. The van der Waals surface area contributed by atoms with E-state index >= 15 is 0 Å². The Labute approximate surface area is 146 Å². The molecule has 0 fully saturated rings. The van der Waals surface area contributed by atoms with E-state index in [0.717, 1.165) is 0 Å². The van der Waals surface area contributed by atoms with Gasteiger partial charge in [-0.15, -0.1) is 0 Å². The second-order valence-corrected chi connectivity index (χ2v) is 5.66. The van der Waals surface area contributed by atoms with Crippen LogP contribution in [0.15, 0.2) is 30.5 Å². The summed E-state index contributed by atoms with van der Waals surface area (Å²) in [6.07, 6.45) is -3.09. The van der Waals surface area contributed by atoms with Gasteiger partial charge in [-0.25, -0.2) is 4.98 Å². The summed E-state index contributed by atoms with van der Waals surface area (Å²) in [5.41, 5.74) is 6.50. The van der Waals surface area contributed by atoms with Crippen LogP contribution in [-0.4, -0.2) is 28.7 Å². The van der Waals surface area contributed by atoms with Crippen molar-refractivity contribution in [1.82, 2.24) is 15.3 Å². The van der Waals surface area contributed by atoms with E-state index in [-0.39, 0.29) is 11.7 Å². The number of nitrogens with one attached hydrogen (secondary N) is 2. The van der Waals surface area contributed by atoms with Crippen molar-refractivity contribution < 1.29 is 22.7 Å². The Bertz CT molecular complexity index is 806. The van der Waals surface area contributed by atoms with Crippen molar-refractivity contribution in [3.05, 3.63) is 46.2 Å². The van der Waals surface area contributed by atoms with Gasteiger partial charge in [0.25, 0.3) is 5.91 Å². The number of nitrogens with zero attached hydrogens (tertiary/aromatic N) is 1. The predicted molar refractivity (Wildman–Crippen MR) is 87.7 cm³/mol. The standard InChI is InChI=1S/C15H15F3N4O2S/c1-8(21-14(23)10-4-11(19)22-13(25)5-10)9-2-3-12(20-6-9)24-7-15(16,17)18/h2-6,8H,7H2,1H3,(H,21,23)(H3,19,22,25). The number of anilines is 1. The van der Waals surface area contributed by atoms with E-state index < -0.39 is 24.7 Å². The van der Waals surface area contributed by atoms with Crippen LogP contribution in [-0.2, 0) is 0 Å². The van der Waals surface area contributed by atoms with Crippen LogP contribution in [0.3, 0.4) is 0 Å². The molecule has 1 amide bonds. The number of amides is 1. The number of aromatic amines is 1. The van der Waals surface area contributed by atoms with E-state index in [1.165, 1.54) is 30.5 Å². The topological polar surface area (TPSA) is 93.0 Å². The highest BCUT2D eigenvalue weighted by atomic mass is 32.1. The molecule has 0 saturated heterocycles. The molecule has 134 valence electrons. The van der Waals surface area contributed by atoms with Crippen LogP contribution in [0.4, 0.5) is 19.0 Å². The molecule has 0 bridgehead atoms. The lowest BCUT2D eigenvalue weighted by Crippen LogP contribution is -2.27. The van der Waals surface area contributed by atoms with Gasteiger partial charge in [-0.2, -0.15) is 13.2 Å².